The molecule has 152 valence electrons. The molecule has 3 aromatic rings. The van der Waals surface area contributed by atoms with Crippen LogP contribution in [0.15, 0.2) is 72.8 Å². The number of nitro groups is 1. The number of nitro benzene ring substituents is 1. The van der Waals surface area contributed by atoms with Crippen molar-refractivity contribution in [2.45, 2.75) is 20.0 Å². The fraction of sp³-hybridized carbons (Fsp3) is 0.130. The highest BCUT2D eigenvalue weighted by atomic mass is 16.6. The first kappa shape index (κ1) is 20.7. The number of ether oxygens (including phenoxy) is 1. The molecule has 0 radical (unpaired) electrons. The number of hydrogen-bond donors (Lipinski definition) is 1. The third-order valence-corrected chi connectivity index (χ3v) is 4.48. The second kappa shape index (κ2) is 9.00. The summed E-state index contributed by atoms with van der Waals surface area (Å²) >= 11 is 0. The van der Waals surface area contributed by atoms with E-state index in [9.17, 15) is 19.7 Å². The first-order valence-electron chi connectivity index (χ1n) is 9.27. The molecule has 1 N–H and O–H groups in total. The van der Waals surface area contributed by atoms with Crippen molar-refractivity contribution in [1.29, 1.82) is 0 Å². The number of benzene rings is 3. The molecule has 3 aromatic carbocycles. The zero-order valence-corrected chi connectivity index (χ0v) is 16.5. The van der Waals surface area contributed by atoms with E-state index in [2.05, 4.69) is 5.32 Å². The topological polar surface area (TPSA) is 98.5 Å². The van der Waals surface area contributed by atoms with Crippen LogP contribution in [0.2, 0.25) is 0 Å². The van der Waals surface area contributed by atoms with E-state index in [4.69, 9.17) is 4.74 Å². The van der Waals surface area contributed by atoms with Gasteiger partial charge in [-0.3, -0.25) is 19.7 Å². The fourth-order valence-electron chi connectivity index (χ4n) is 2.85. The molecule has 0 aliphatic heterocycles. The minimum atomic E-state index is -0.680. The van der Waals surface area contributed by atoms with Crippen LogP contribution in [-0.2, 0) is 0 Å². The lowest BCUT2D eigenvalue weighted by Crippen LogP contribution is -2.23. The van der Waals surface area contributed by atoms with Crippen molar-refractivity contribution in [3.05, 3.63) is 99.6 Å². The van der Waals surface area contributed by atoms with Crippen LogP contribution in [0, 0.1) is 17.0 Å². The van der Waals surface area contributed by atoms with E-state index in [0.29, 0.717) is 17.0 Å². The number of ketones is 1. The summed E-state index contributed by atoms with van der Waals surface area (Å²) in [6, 6.07) is 19.4. The molecule has 0 saturated carbocycles. The number of para-hydroxylation sites is 1. The Balaban J connectivity index is 1.65. The Morgan fingerprint density at radius 2 is 1.60 bits per heavy atom. The molecular formula is C23H20N2O5. The number of aryl methyl sites for hydroxylation is 1. The van der Waals surface area contributed by atoms with E-state index in [0.717, 1.165) is 5.56 Å². The number of anilines is 1. The van der Waals surface area contributed by atoms with Crippen molar-refractivity contribution >= 4 is 23.1 Å². The van der Waals surface area contributed by atoms with Gasteiger partial charge in [0.25, 0.3) is 11.6 Å². The van der Waals surface area contributed by atoms with Gasteiger partial charge in [0.1, 0.15) is 11.3 Å². The predicted molar refractivity (Wildman–Crippen MR) is 113 cm³/mol. The van der Waals surface area contributed by atoms with E-state index in [-0.39, 0.29) is 17.0 Å². The molecule has 0 aromatic heterocycles. The molecule has 0 bridgehead atoms. The van der Waals surface area contributed by atoms with Crippen molar-refractivity contribution in [3.63, 3.8) is 0 Å². The highest BCUT2D eigenvalue weighted by Crippen LogP contribution is 2.22. The van der Waals surface area contributed by atoms with Crippen LogP contribution in [0.5, 0.6) is 5.75 Å². The van der Waals surface area contributed by atoms with Crippen LogP contribution >= 0.6 is 0 Å². The second-order valence-corrected chi connectivity index (χ2v) is 6.74. The lowest BCUT2D eigenvalue weighted by molar-refractivity contribution is -0.385. The third kappa shape index (κ3) is 4.88. The number of nitrogens with one attached hydrogen (secondary N) is 1. The molecule has 0 saturated heterocycles. The van der Waals surface area contributed by atoms with Crippen molar-refractivity contribution in [3.8, 4) is 5.75 Å². The lowest BCUT2D eigenvalue weighted by Gasteiger charge is -2.14. The van der Waals surface area contributed by atoms with Gasteiger partial charge in [-0.15, -0.1) is 0 Å². The predicted octanol–water partition coefficient (Wildman–Crippen LogP) is 4.81. The third-order valence-electron chi connectivity index (χ3n) is 4.48. The smallest absolute Gasteiger partial charge is 0.282 e. The van der Waals surface area contributed by atoms with E-state index in [1.165, 1.54) is 18.2 Å². The summed E-state index contributed by atoms with van der Waals surface area (Å²) in [6.07, 6.45) is -0.680. The Kier molecular flexibility index (Phi) is 6.22. The molecule has 7 nitrogen and oxygen atoms in total. The van der Waals surface area contributed by atoms with Gasteiger partial charge in [-0.25, -0.2) is 0 Å². The minimum Gasteiger partial charge on any atom is -0.483 e. The van der Waals surface area contributed by atoms with Crippen LogP contribution in [0.25, 0.3) is 0 Å². The van der Waals surface area contributed by atoms with Gasteiger partial charge in [0.2, 0.25) is 5.78 Å². The molecule has 0 aliphatic carbocycles. The number of carbonyl (C=O) groups excluding carboxylic acids is 2. The van der Waals surface area contributed by atoms with Crippen molar-refractivity contribution < 1.29 is 19.2 Å². The first-order chi connectivity index (χ1) is 14.3. The Morgan fingerprint density at radius 3 is 2.23 bits per heavy atom. The average molecular weight is 404 g/mol. The molecule has 0 aliphatic rings. The largest absolute Gasteiger partial charge is 0.483 e. The highest BCUT2D eigenvalue weighted by Gasteiger charge is 2.20. The number of carbonyl (C=O) groups is 2. The summed E-state index contributed by atoms with van der Waals surface area (Å²) in [5.41, 5.74) is 1.79. The highest BCUT2D eigenvalue weighted by molar-refractivity contribution is 6.07. The Morgan fingerprint density at radius 1 is 0.967 bits per heavy atom. The normalized spacial score (nSPS) is 11.4. The Labute approximate surface area is 173 Å². The maximum Gasteiger partial charge on any atom is 0.282 e. The van der Waals surface area contributed by atoms with Gasteiger partial charge in [0.15, 0.2) is 6.10 Å². The number of hydrogen-bond acceptors (Lipinski definition) is 5. The van der Waals surface area contributed by atoms with Gasteiger partial charge < -0.3 is 10.1 Å². The van der Waals surface area contributed by atoms with E-state index < -0.39 is 16.9 Å². The van der Waals surface area contributed by atoms with Crippen LogP contribution in [0.3, 0.4) is 0 Å². The molecule has 0 heterocycles. The van der Waals surface area contributed by atoms with Crippen LogP contribution < -0.4 is 10.1 Å². The van der Waals surface area contributed by atoms with E-state index in [1.54, 1.807) is 49.4 Å². The second-order valence-electron chi connectivity index (χ2n) is 6.74. The SMILES string of the molecule is Cc1ccc(C(=O)C(C)Oc2ccc(NC(=O)c3ccccc3[N+](=O)[O-])cc2)cc1. The maximum atomic E-state index is 12.5. The average Bonchev–Trinajstić information content (AvgIpc) is 2.75. The number of nitrogens with zero attached hydrogens (tertiary/aromatic N) is 1. The summed E-state index contributed by atoms with van der Waals surface area (Å²) in [4.78, 5) is 35.3. The van der Waals surface area contributed by atoms with Crippen molar-refractivity contribution in [2.75, 3.05) is 5.32 Å². The van der Waals surface area contributed by atoms with Gasteiger partial charge in [0, 0.05) is 17.3 Å². The quantitative estimate of drug-likeness (QED) is 0.346. The number of rotatable bonds is 7. The standard InChI is InChI=1S/C23H20N2O5/c1-15-7-9-17(10-8-15)22(26)16(2)30-19-13-11-18(12-14-19)24-23(27)20-5-3-4-6-21(20)25(28)29/h3-14,16H,1-2H3,(H,24,27). The van der Waals surface area contributed by atoms with E-state index in [1.807, 2.05) is 19.1 Å². The van der Waals surface area contributed by atoms with Crippen molar-refractivity contribution in [2.24, 2.45) is 0 Å². The van der Waals surface area contributed by atoms with Gasteiger partial charge in [0.05, 0.1) is 4.92 Å². The molecule has 30 heavy (non-hydrogen) atoms. The minimum absolute atomic E-state index is 0.0276. The molecular weight excluding hydrogens is 384 g/mol. The lowest BCUT2D eigenvalue weighted by atomic mass is 10.1. The number of amides is 1. The Hall–Kier alpha value is -4.00. The summed E-state index contributed by atoms with van der Waals surface area (Å²) < 4.78 is 5.70. The first-order valence-corrected chi connectivity index (χ1v) is 9.27. The fourth-order valence-corrected chi connectivity index (χ4v) is 2.85. The summed E-state index contributed by atoms with van der Waals surface area (Å²) in [5, 5.41) is 13.7. The van der Waals surface area contributed by atoms with Gasteiger partial charge >= 0.3 is 0 Å². The number of Topliss-reactive ketones (excluding diaryl/α,β-unsaturated/α-hetero) is 1. The molecule has 1 atom stereocenters. The molecule has 7 heteroatoms. The van der Waals surface area contributed by atoms with Crippen LogP contribution in [0.4, 0.5) is 11.4 Å². The van der Waals surface area contributed by atoms with Crippen molar-refractivity contribution in [1.82, 2.24) is 0 Å². The zero-order chi connectivity index (χ0) is 21.7. The molecule has 0 fully saturated rings. The van der Waals surface area contributed by atoms with Gasteiger partial charge in [-0.2, -0.15) is 0 Å². The van der Waals surface area contributed by atoms with Gasteiger partial charge in [-0.1, -0.05) is 42.0 Å². The zero-order valence-electron chi connectivity index (χ0n) is 16.5. The van der Waals surface area contributed by atoms with Gasteiger partial charge in [-0.05, 0) is 44.2 Å². The summed E-state index contributed by atoms with van der Waals surface area (Å²) in [6.45, 7) is 3.62. The molecule has 0 spiro atoms. The summed E-state index contributed by atoms with van der Waals surface area (Å²) in [7, 11) is 0. The molecule has 3 rings (SSSR count). The summed E-state index contributed by atoms with van der Waals surface area (Å²) in [5.74, 6) is -0.255. The Bertz CT molecular complexity index is 1080. The van der Waals surface area contributed by atoms with Crippen LogP contribution in [-0.4, -0.2) is 22.7 Å². The molecule has 1 amide bonds. The monoisotopic (exact) mass is 404 g/mol. The van der Waals surface area contributed by atoms with E-state index >= 15 is 0 Å². The van der Waals surface area contributed by atoms with Crippen LogP contribution in [0.1, 0.15) is 33.2 Å². The molecule has 1 unspecified atom stereocenters. The maximum absolute atomic E-state index is 12.5.